The number of anilines is 1. The predicted molar refractivity (Wildman–Crippen MR) is 72.2 cm³/mol. The summed E-state index contributed by atoms with van der Waals surface area (Å²) in [6.45, 7) is 6.30. The molecule has 0 atom stereocenters. The van der Waals surface area contributed by atoms with Crippen LogP contribution in [0, 0.1) is 0 Å². The van der Waals surface area contributed by atoms with Crippen LogP contribution in [0.4, 0.5) is 5.82 Å². The van der Waals surface area contributed by atoms with Crippen molar-refractivity contribution in [2.45, 2.75) is 26.2 Å². The smallest absolute Gasteiger partial charge is 0.155 e. The molecule has 4 nitrogen and oxygen atoms in total. The Morgan fingerprint density at radius 2 is 2.00 bits per heavy atom. The molecule has 17 heavy (non-hydrogen) atoms. The molecule has 2 rings (SSSR count). The summed E-state index contributed by atoms with van der Waals surface area (Å²) in [5, 5.41) is 4.53. The lowest BCUT2D eigenvalue weighted by atomic mass is 9.92. The lowest BCUT2D eigenvalue weighted by Gasteiger charge is -2.15. The second-order valence-corrected chi connectivity index (χ2v) is 5.69. The van der Waals surface area contributed by atoms with E-state index in [4.69, 9.17) is 5.73 Å². The van der Waals surface area contributed by atoms with Gasteiger partial charge in [0, 0.05) is 11.6 Å². The Morgan fingerprint density at radius 1 is 1.29 bits per heavy atom. The quantitative estimate of drug-likeness (QED) is 0.880. The Bertz CT molecular complexity index is 525. The van der Waals surface area contributed by atoms with Crippen LogP contribution in [0.3, 0.4) is 0 Å². The van der Waals surface area contributed by atoms with Gasteiger partial charge in [-0.1, -0.05) is 26.8 Å². The summed E-state index contributed by atoms with van der Waals surface area (Å²) in [7, 11) is 0. The molecular weight excluding hydrogens is 280 g/mol. The van der Waals surface area contributed by atoms with Gasteiger partial charge in [-0.2, -0.15) is 9.78 Å². The number of pyridine rings is 1. The van der Waals surface area contributed by atoms with Crippen LogP contribution >= 0.6 is 15.9 Å². The minimum atomic E-state index is -0.0625. The first-order chi connectivity index (χ1) is 7.91. The van der Waals surface area contributed by atoms with Crippen LogP contribution in [0.5, 0.6) is 0 Å². The van der Waals surface area contributed by atoms with E-state index in [1.807, 2.05) is 18.2 Å². The van der Waals surface area contributed by atoms with E-state index in [1.165, 1.54) is 0 Å². The third-order valence-corrected chi connectivity index (χ3v) is 3.22. The fourth-order valence-corrected chi connectivity index (χ4v) is 2.39. The average molecular weight is 295 g/mol. The highest BCUT2D eigenvalue weighted by Gasteiger charge is 2.25. The zero-order valence-electron chi connectivity index (χ0n) is 10.1. The highest BCUT2D eigenvalue weighted by molar-refractivity contribution is 9.10. The van der Waals surface area contributed by atoms with Crippen molar-refractivity contribution in [2.75, 3.05) is 5.73 Å². The minimum absolute atomic E-state index is 0.0625. The molecule has 0 saturated heterocycles. The van der Waals surface area contributed by atoms with Gasteiger partial charge in [-0.3, -0.25) is 0 Å². The zero-order valence-corrected chi connectivity index (χ0v) is 11.7. The fourth-order valence-electron chi connectivity index (χ4n) is 1.54. The zero-order chi connectivity index (χ0) is 12.6. The van der Waals surface area contributed by atoms with Crippen molar-refractivity contribution >= 4 is 21.7 Å². The molecule has 2 heterocycles. The summed E-state index contributed by atoms with van der Waals surface area (Å²) in [6.07, 6.45) is 1.72. The Balaban J connectivity index is 2.59. The summed E-state index contributed by atoms with van der Waals surface area (Å²) < 4.78 is 2.50. The first-order valence-electron chi connectivity index (χ1n) is 5.37. The van der Waals surface area contributed by atoms with Crippen LogP contribution in [-0.2, 0) is 5.41 Å². The second kappa shape index (κ2) is 4.14. The Labute approximate surface area is 109 Å². The van der Waals surface area contributed by atoms with Crippen LogP contribution in [0.15, 0.2) is 28.9 Å². The summed E-state index contributed by atoms with van der Waals surface area (Å²) >= 11 is 3.50. The first kappa shape index (κ1) is 12.1. The summed E-state index contributed by atoms with van der Waals surface area (Å²) in [5.41, 5.74) is 6.91. The third-order valence-electron chi connectivity index (χ3n) is 2.44. The van der Waals surface area contributed by atoms with Crippen molar-refractivity contribution in [3.8, 4) is 5.82 Å². The number of rotatable bonds is 1. The molecule has 0 aliphatic carbocycles. The van der Waals surface area contributed by atoms with Gasteiger partial charge in [0.25, 0.3) is 0 Å². The second-order valence-electron chi connectivity index (χ2n) is 4.90. The summed E-state index contributed by atoms with van der Waals surface area (Å²) in [4.78, 5) is 4.25. The van der Waals surface area contributed by atoms with Crippen molar-refractivity contribution < 1.29 is 0 Å². The van der Waals surface area contributed by atoms with Gasteiger partial charge in [-0.25, -0.2) is 4.98 Å². The largest absolute Gasteiger partial charge is 0.383 e. The van der Waals surface area contributed by atoms with E-state index >= 15 is 0 Å². The van der Waals surface area contributed by atoms with Gasteiger partial charge in [0.1, 0.15) is 5.82 Å². The van der Waals surface area contributed by atoms with Gasteiger partial charge < -0.3 is 5.73 Å². The van der Waals surface area contributed by atoms with Crippen LogP contribution in [0.2, 0.25) is 0 Å². The number of nitrogen functional groups attached to an aromatic ring is 1. The van der Waals surface area contributed by atoms with Crippen LogP contribution < -0.4 is 5.73 Å². The van der Waals surface area contributed by atoms with Gasteiger partial charge in [0.2, 0.25) is 0 Å². The normalized spacial score (nSPS) is 11.8. The van der Waals surface area contributed by atoms with E-state index in [0.29, 0.717) is 5.82 Å². The topological polar surface area (TPSA) is 56.7 Å². The van der Waals surface area contributed by atoms with E-state index in [-0.39, 0.29) is 5.41 Å². The van der Waals surface area contributed by atoms with Crippen molar-refractivity contribution in [3.63, 3.8) is 0 Å². The van der Waals surface area contributed by atoms with Crippen LogP contribution in [0.1, 0.15) is 26.5 Å². The van der Waals surface area contributed by atoms with Gasteiger partial charge in [0.15, 0.2) is 5.82 Å². The Kier molecular flexibility index (Phi) is 2.95. The number of aromatic nitrogens is 3. The lowest BCUT2D eigenvalue weighted by molar-refractivity contribution is 0.557. The molecule has 2 N–H and O–H groups in total. The number of hydrogen-bond acceptors (Lipinski definition) is 3. The fraction of sp³-hybridized carbons (Fsp3) is 0.333. The van der Waals surface area contributed by atoms with Gasteiger partial charge in [-0.15, -0.1) is 0 Å². The Morgan fingerprint density at radius 3 is 2.47 bits per heavy atom. The van der Waals surface area contributed by atoms with Crippen molar-refractivity contribution in [3.05, 3.63) is 34.6 Å². The van der Waals surface area contributed by atoms with E-state index < -0.39 is 0 Å². The standard InChI is InChI=1S/C12H15BrN4/c1-12(2,3)10-9(13)11(14)17(16-10)8-6-4-5-7-15-8/h4-7H,14H2,1-3H3. The third kappa shape index (κ3) is 2.20. The number of hydrogen-bond donors (Lipinski definition) is 1. The molecule has 0 spiro atoms. The molecule has 0 radical (unpaired) electrons. The van der Waals surface area contributed by atoms with Gasteiger partial charge >= 0.3 is 0 Å². The first-order valence-corrected chi connectivity index (χ1v) is 6.16. The highest BCUT2D eigenvalue weighted by atomic mass is 79.9. The molecule has 5 heteroatoms. The maximum Gasteiger partial charge on any atom is 0.155 e. The molecule has 0 aliphatic heterocycles. The molecule has 2 aromatic rings. The molecule has 0 unspecified atom stereocenters. The van der Waals surface area contributed by atoms with E-state index in [0.717, 1.165) is 16.0 Å². The lowest BCUT2D eigenvalue weighted by Crippen LogP contribution is -2.13. The average Bonchev–Trinajstić information content (AvgIpc) is 2.57. The van der Waals surface area contributed by atoms with Gasteiger partial charge in [-0.05, 0) is 28.1 Å². The SMILES string of the molecule is CC(C)(C)c1nn(-c2ccccn2)c(N)c1Br. The number of halogens is 1. The van der Waals surface area contributed by atoms with Gasteiger partial charge in [0.05, 0.1) is 10.2 Å². The van der Waals surface area contributed by atoms with E-state index in [1.54, 1.807) is 10.9 Å². The molecule has 0 fully saturated rings. The maximum absolute atomic E-state index is 6.05. The molecule has 90 valence electrons. The van der Waals surface area contributed by atoms with Crippen molar-refractivity contribution in [1.82, 2.24) is 14.8 Å². The van der Waals surface area contributed by atoms with Crippen LogP contribution in [0.25, 0.3) is 5.82 Å². The number of nitrogens with two attached hydrogens (primary N) is 1. The molecular formula is C12H15BrN4. The highest BCUT2D eigenvalue weighted by Crippen LogP contribution is 2.33. The summed E-state index contributed by atoms with van der Waals surface area (Å²) in [6, 6.07) is 5.65. The molecule has 0 saturated carbocycles. The number of nitrogens with zero attached hydrogens (tertiary/aromatic N) is 3. The summed E-state index contributed by atoms with van der Waals surface area (Å²) in [5.74, 6) is 1.30. The van der Waals surface area contributed by atoms with E-state index in [9.17, 15) is 0 Å². The molecule has 0 amide bonds. The molecule has 0 aliphatic rings. The van der Waals surface area contributed by atoms with E-state index in [2.05, 4.69) is 46.8 Å². The minimum Gasteiger partial charge on any atom is -0.383 e. The molecule has 0 aromatic carbocycles. The maximum atomic E-state index is 6.05. The van der Waals surface area contributed by atoms with Crippen molar-refractivity contribution in [1.29, 1.82) is 0 Å². The monoisotopic (exact) mass is 294 g/mol. The molecule has 0 bridgehead atoms. The Hall–Kier alpha value is -1.36. The van der Waals surface area contributed by atoms with Crippen molar-refractivity contribution in [2.24, 2.45) is 0 Å². The molecule has 2 aromatic heterocycles. The predicted octanol–water partition coefficient (Wildman–Crippen LogP) is 2.91. The van der Waals surface area contributed by atoms with Crippen LogP contribution in [-0.4, -0.2) is 14.8 Å².